The molecule has 0 fully saturated rings. The maximum Gasteiger partial charge on any atom is 0.390 e. The molecule has 1 aromatic rings. The Kier molecular flexibility index (Phi) is 6.81. The van der Waals surface area contributed by atoms with Gasteiger partial charge in [-0.1, -0.05) is 19.9 Å². The molecule has 0 aliphatic rings. The number of nitrogens with two attached hydrogens (primary N) is 1. The highest BCUT2D eigenvalue weighted by Crippen LogP contribution is 2.34. The minimum absolute atomic E-state index is 0.391. The van der Waals surface area contributed by atoms with E-state index in [0.29, 0.717) is 30.3 Å². The summed E-state index contributed by atoms with van der Waals surface area (Å²) in [5, 5.41) is 0. The highest BCUT2D eigenvalue weighted by Gasteiger charge is 2.31. The first-order valence-corrected chi connectivity index (χ1v) is 7.09. The number of benzene rings is 1. The number of halogens is 3. The molecular weight excluding hydrogens is 283 g/mol. The molecule has 6 heteroatoms. The van der Waals surface area contributed by atoms with Crippen molar-refractivity contribution in [1.29, 1.82) is 0 Å². The smallest absolute Gasteiger partial charge is 0.390 e. The van der Waals surface area contributed by atoms with Crippen LogP contribution in [0.1, 0.15) is 44.7 Å². The largest absolute Gasteiger partial charge is 0.490 e. The first kappa shape index (κ1) is 17.6. The molecule has 0 aliphatic heterocycles. The zero-order chi connectivity index (χ0) is 15.9. The Morgan fingerprint density at radius 3 is 2.14 bits per heavy atom. The third-order valence-electron chi connectivity index (χ3n) is 2.77. The van der Waals surface area contributed by atoms with Crippen LogP contribution in [0.3, 0.4) is 0 Å². The Bertz CT molecular complexity index is 435. The average Bonchev–Trinajstić information content (AvgIpc) is 2.41. The van der Waals surface area contributed by atoms with Crippen LogP contribution in [0.2, 0.25) is 0 Å². The summed E-state index contributed by atoms with van der Waals surface area (Å²) in [6.45, 7) is 4.92. The molecule has 0 spiro atoms. The van der Waals surface area contributed by atoms with E-state index in [4.69, 9.17) is 15.2 Å². The van der Waals surface area contributed by atoms with E-state index >= 15 is 0 Å². The quantitative estimate of drug-likeness (QED) is 0.782. The van der Waals surface area contributed by atoms with Crippen LogP contribution in [0.15, 0.2) is 18.2 Å². The van der Waals surface area contributed by atoms with Gasteiger partial charge in [0.15, 0.2) is 11.5 Å². The number of hydrogen-bond donors (Lipinski definition) is 1. The Hall–Kier alpha value is -1.43. The summed E-state index contributed by atoms with van der Waals surface area (Å²) < 4.78 is 48.3. The Morgan fingerprint density at radius 2 is 1.62 bits per heavy atom. The molecule has 2 N–H and O–H groups in total. The van der Waals surface area contributed by atoms with Crippen molar-refractivity contribution in [1.82, 2.24) is 0 Å². The van der Waals surface area contributed by atoms with Crippen LogP contribution in [0.25, 0.3) is 0 Å². The van der Waals surface area contributed by atoms with Gasteiger partial charge in [0.1, 0.15) is 0 Å². The molecule has 1 unspecified atom stereocenters. The highest BCUT2D eigenvalue weighted by molar-refractivity contribution is 5.44. The van der Waals surface area contributed by atoms with Crippen molar-refractivity contribution in [3.05, 3.63) is 23.8 Å². The summed E-state index contributed by atoms with van der Waals surface area (Å²) in [6, 6.07) is 3.61. The topological polar surface area (TPSA) is 44.5 Å². The molecule has 0 aliphatic carbocycles. The number of alkyl halides is 3. The van der Waals surface area contributed by atoms with E-state index in [1.165, 1.54) is 6.07 Å². The average molecular weight is 305 g/mol. The van der Waals surface area contributed by atoms with E-state index in [-0.39, 0.29) is 0 Å². The lowest BCUT2D eigenvalue weighted by molar-refractivity contribution is -0.138. The van der Waals surface area contributed by atoms with Crippen molar-refractivity contribution >= 4 is 0 Å². The molecule has 0 aromatic heterocycles. The summed E-state index contributed by atoms with van der Waals surface area (Å²) in [4.78, 5) is 0. The molecule has 0 radical (unpaired) electrons. The molecule has 0 bridgehead atoms. The predicted octanol–water partition coefficient (Wildman–Crippen LogP) is 4.22. The van der Waals surface area contributed by atoms with Crippen LogP contribution in [0.4, 0.5) is 13.2 Å². The minimum atomic E-state index is -4.29. The van der Waals surface area contributed by atoms with Crippen molar-refractivity contribution in [3.8, 4) is 11.5 Å². The molecule has 1 rings (SSSR count). The van der Waals surface area contributed by atoms with Crippen molar-refractivity contribution in [2.75, 3.05) is 13.2 Å². The van der Waals surface area contributed by atoms with Crippen molar-refractivity contribution < 1.29 is 22.6 Å². The Labute approximate surface area is 123 Å². The molecule has 21 heavy (non-hydrogen) atoms. The molecule has 120 valence electrons. The van der Waals surface area contributed by atoms with Gasteiger partial charge >= 0.3 is 6.18 Å². The van der Waals surface area contributed by atoms with Gasteiger partial charge in [-0.15, -0.1) is 0 Å². The number of rotatable bonds is 8. The second kappa shape index (κ2) is 8.12. The Morgan fingerprint density at radius 1 is 1.05 bits per heavy atom. The van der Waals surface area contributed by atoms with Gasteiger partial charge in [-0.05, 0) is 30.5 Å². The molecule has 0 heterocycles. The summed E-state index contributed by atoms with van der Waals surface area (Å²) in [6.07, 6.45) is -3.72. The Balaban J connectivity index is 2.91. The first-order chi connectivity index (χ1) is 9.87. The van der Waals surface area contributed by atoms with Crippen LogP contribution in [-0.4, -0.2) is 19.4 Å². The maximum atomic E-state index is 12.4. The van der Waals surface area contributed by atoms with Gasteiger partial charge < -0.3 is 15.2 Å². The molecule has 1 atom stereocenters. The third kappa shape index (κ3) is 6.25. The molecule has 0 saturated carbocycles. The second-order valence-corrected chi connectivity index (χ2v) is 4.83. The molecule has 1 aromatic carbocycles. The standard InChI is InChI=1S/C15H22F3NO2/c1-3-7-20-13-6-5-11(9-14(13)21-8-4-2)12(19)10-15(16,17)18/h5-6,9,12H,3-4,7-8,10,19H2,1-2H3. The fourth-order valence-electron chi connectivity index (χ4n) is 1.78. The first-order valence-electron chi connectivity index (χ1n) is 7.09. The summed E-state index contributed by atoms with van der Waals surface area (Å²) >= 11 is 0. The fourth-order valence-corrected chi connectivity index (χ4v) is 1.78. The zero-order valence-corrected chi connectivity index (χ0v) is 12.4. The fraction of sp³-hybridized carbons (Fsp3) is 0.600. The lowest BCUT2D eigenvalue weighted by Crippen LogP contribution is -2.20. The van der Waals surface area contributed by atoms with Crippen LogP contribution < -0.4 is 15.2 Å². The van der Waals surface area contributed by atoms with Crippen molar-refractivity contribution in [3.63, 3.8) is 0 Å². The number of hydrogen-bond acceptors (Lipinski definition) is 3. The van der Waals surface area contributed by atoms with Crippen LogP contribution in [0.5, 0.6) is 11.5 Å². The second-order valence-electron chi connectivity index (χ2n) is 4.83. The van der Waals surface area contributed by atoms with Crippen LogP contribution >= 0.6 is 0 Å². The van der Waals surface area contributed by atoms with Gasteiger partial charge in [0, 0.05) is 6.04 Å². The van der Waals surface area contributed by atoms with Gasteiger partial charge in [0.05, 0.1) is 19.6 Å². The van der Waals surface area contributed by atoms with E-state index in [9.17, 15) is 13.2 Å². The molecule has 0 amide bonds. The number of ether oxygens (including phenoxy) is 2. The molecule has 0 saturated heterocycles. The van der Waals surface area contributed by atoms with E-state index in [1.807, 2.05) is 13.8 Å². The summed E-state index contributed by atoms with van der Waals surface area (Å²) in [5.41, 5.74) is 6.00. The third-order valence-corrected chi connectivity index (χ3v) is 2.77. The van der Waals surface area contributed by atoms with Gasteiger partial charge in [0.2, 0.25) is 0 Å². The van der Waals surface area contributed by atoms with Gasteiger partial charge in [-0.2, -0.15) is 13.2 Å². The zero-order valence-electron chi connectivity index (χ0n) is 12.4. The normalized spacial score (nSPS) is 13.0. The van der Waals surface area contributed by atoms with Gasteiger partial charge in [-0.3, -0.25) is 0 Å². The highest BCUT2D eigenvalue weighted by atomic mass is 19.4. The maximum absolute atomic E-state index is 12.4. The van der Waals surface area contributed by atoms with Gasteiger partial charge in [-0.25, -0.2) is 0 Å². The van der Waals surface area contributed by atoms with E-state index in [0.717, 1.165) is 12.8 Å². The lowest BCUT2D eigenvalue weighted by atomic mass is 10.0. The SMILES string of the molecule is CCCOc1ccc(C(N)CC(F)(F)F)cc1OCCC. The van der Waals surface area contributed by atoms with Crippen LogP contribution in [0, 0.1) is 0 Å². The van der Waals surface area contributed by atoms with E-state index in [2.05, 4.69) is 0 Å². The van der Waals surface area contributed by atoms with Crippen LogP contribution in [-0.2, 0) is 0 Å². The molecular formula is C15H22F3NO2. The minimum Gasteiger partial charge on any atom is -0.490 e. The lowest BCUT2D eigenvalue weighted by Gasteiger charge is -2.18. The van der Waals surface area contributed by atoms with Crippen molar-refractivity contribution in [2.24, 2.45) is 5.73 Å². The monoisotopic (exact) mass is 305 g/mol. The van der Waals surface area contributed by atoms with Crippen molar-refractivity contribution in [2.45, 2.75) is 45.3 Å². The predicted molar refractivity (Wildman–Crippen MR) is 75.6 cm³/mol. The molecule has 3 nitrogen and oxygen atoms in total. The van der Waals surface area contributed by atoms with Gasteiger partial charge in [0.25, 0.3) is 0 Å². The summed E-state index contributed by atoms with van der Waals surface area (Å²) in [5.74, 6) is 0.980. The summed E-state index contributed by atoms with van der Waals surface area (Å²) in [7, 11) is 0. The van der Waals surface area contributed by atoms with E-state index in [1.54, 1.807) is 12.1 Å². The van der Waals surface area contributed by atoms with E-state index < -0.39 is 18.6 Å².